The van der Waals surface area contributed by atoms with Gasteiger partial charge in [-0.1, -0.05) is 5.16 Å². The minimum atomic E-state index is -0.520. The van der Waals surface area contributed by atoms with E-state index < -0.39 is 4.92 Å². The Balaban J connectivity index is 2.44. The summed E-state index contributed by atoms with van der Waals surface area (Å²) < 4.78 is 5.85. The summed E-state index contributed by atoms with van der Waals surface area (Å²) in [4.78, 5) is 21.8. The number of aryl methyl sites for hydroxylation is 1. The van der Waals surface area contributed by atoms with Gasteiger partial charge in [-0.25, -0.2) is 0 Å². The SMILES string of the molecule is Cc1cc(=O)n(Cc2ccon2)cc1[N+](=O)[O-]. The molecule has 0 radical (unpaired) electrons. The zero-order valence-corrected chi connectivity index (χ0v) is 8.99. The second kappa shape index (κ2) is 4.20. The van der Waals surface area contributed by atoms with E-state index in [1.54, 1.807) is 6.07 Å². The van der Waals surface area contributed by atoms with Gasteiger partial charge in [0.05, 0.1) is 17.7 Å². The molecule has 0 unspecified atom stereocenters. The highest BCUT2D eigenvalue weighted by molar-refractivity contribution is 5.36. The minimum absolute atomic E-state index is 0.0897. The molecular weight excluding hydrogens is 226 g/mol. The first-order chi connectivity index (χ1) is 8.08. The van der Waals surface area contributed by atoms with Gasteiger partial charge in [-0.05, 0) is 6.92 Å². The van der Waals surface area contributed by atoms with Crippen molar-refractivity contribution in [1.29, 1.82) is 0 Å². The first-order valence-corrected chi connectivity index (χ1v) is 4.82. The molecule has 0 aliphatic rings. The van der Waals surface area contributed by atoms with Crippen molar-refractivity contribution in [2.75, 3.05) is 0 Å². The molecule has 0 N–H and O–H groups in total. The molecule has 2 aromatic rings. The molecule has 0 saturated heterocycles. The van der Waals surface area contributed by atoms with Crippen molar-refractivity contribution in [1.82, 2.24) is 9.72 Å². The van der Waals surface area contributed by atoms with E-state index in [0.717, 1.165) is 0 Å². The number of nitrogens with zero attached hydrogens (tertiary/aromatic N) is 3. The van der Waals surface area contributed by atoms with Crippen molar-refractivity contribution in [3.63, 3.8) is 0 Å². The van der Waals surface area contributed by atoms with E-state index in [1.165, 1.54) is 30.0 Å². The number of pyridine rings is 1. The van der Waals surface area contributed by atoms with E-state index >= 15 is 0 Å². The zero-order chi connectivity index (χ0) is 12.4. The second-order valence-electron chi connectivity index (χ2n) is 3.56. The summed E-state index contributed by atoms with van der Waals surface area (Å²) in [5, 5.41) is 14.4. The molecule has 0 saturated carbocycles. The van der Waals surface area contributed by atoms with Gasteiger partial charge in [-0.15, -0.1) is 0 Å². The van der Waals surface area contributed by atoms with Crippen LogP contribution >= 0.6 is 0 Å². The van der Waals surface area contributed by atoms with Crippen molar-refractivity contribution in [2.45, 2.75) is 13.5 Å². The fraction of sp³-hybridized carbons (Fsp3) is 0.200. The van der Waals surface area contributed by atoms with Crippen LogP contribution in [0, 0.1) is 17.0 Å². The molecule has 0 aliphatic carbocycles. The van der Waals surface area contributed by atoms with Crippen LogP contribution in [-0.4, -0.2) is 14.6 Å². The predicted octanol–water partition coefficient (Wildman–Crippen LogP) is 1.10. The smallest absolute Gasteiger partial charge is 0.288 e. The lowest BCUT2D eigenvalue weighted by molar-refractivity contribution is -0.385. The number of nitro groups is 1. The van der Waals surface area contributed by atoms with Crippen LogP contribution in [0.2, 0.25) is 0 Å². The Morgan fingerprint density at radius 1 is 1.59 bits per heavy atom. The number of aromatic nitrogens is 2. The Labute approximate surface area is 95.4 Å². The van der Waals surface area contributed by atoms with Crippen molar-refractivity contribution < 1.29 is 9.45 Å². The van der Waals surface area contributed by atoms with Gasteiger partial charge in [0.25, 0.3) is 11.2 Å². The maximum absolute atomic E-state index is 11.6. The second-order valence-corrected chi connectivity index (χ2v) is 3.56. The third-order valence-electron chi connectivity index (χ3n) is 2.33. The summed E-state index contributed by atoms with van der Waals surface area (Å²) in [5.74, 6) is 0. The molecule has 7 nitrogen and oxygen atoms in total. The van der Waals surface area contributed by atoms with E-state index in [4.69, 9.17) is 0 Å². The third-order valence-corrected chi connectivity index (χ3v) is 2.33. The molecule has 0 aliphatic heterocycles. The summed E-state index contributed by atoms with van der Waals surface area (Å²) in [6.07, 6.45) is 2.59. The molecule has 88 valence electrons. The quantitative estimate of drug-likeness (QED) is 0.586. The summed E-state index contributed by atoms with van der Waals surface area (Å²) in [5.41, 5.74) is 0.478. The standard InChI is InChI=1S/C10H9N3O4/c1-7-4-10(14)12(6-9(7)13(15)16)5-8-2-3-17-11-8/h2-4,6H,5H2,1H3. The highest BCUT2D eigenvalue weighted by Gasteiger charge is 2.13. The van der Waals surface area contributed by atoms with Crippen LogP contribution in [0.5, 0.6) is 0 Å². The van der Waals surface area contributed by atoms with Gasteiger partial charge in [0.15, 0.2) is 0 Å². The largest absolute Gasteiger partial charge is 0.364 e. The highest BCUT2D eigenvalue weighted by Crippen LogP contribution is 2.14. The van der Waals surface area contributed by atoms with Crippen LogP contribution in [0.3, 0.4) is 0 Å². The van der Waals surface area contributed by atoms with Gasteiger partial charge in [0.1, 0.15) is 12.0 Å². The summed E-state index contributed by atoms with van der Waals surface area (Å²) in [6.45, 7) is 1.68. The summed E-state index contributed by atoms with van der Waals surface area (Å²) in [6, 6.07) is 2.83. The molecule has 0 aromatic carbocycles. The fourth-order valence-electron chi connectivity index (χ4n) is 1.46. The number of rotatable bonds is 3. The third kappa shape index (κ3) is 2.22. The van der Waals surface area contributed by atoms with E-state index in [2.05, 4.69) is 9.68 Å². The molecule has 2 aromatic heterocycles. The molecule has 2 heterocycles. The first-order valence-electron chi connectivity index (χ1n) is 4.82. The normalized spacial score (nSPS) is 10.4. The monoisotopic (exact) mass is 235 g/mol. The topological polar surface area (TPSA) is 91.2 Å². The van der Waals surface area contributed by atoms with Crippen molar-refractivity contribution in [3.8, 4) is 0 Å². The van der Waals surface area contributed by atoms with Crippen molar-refractivity contribution in [2.24, 2.45) is 0 Å². The minimum Gasteiger partial charge on any atom is -0.364 e. The Bertz CT molecular complexity index is 601. The molecule has 7 heteroatoms. The van der Waals surface area contributed by atoms with Gasteiger partial charge in [-0.2, -0.15) is 0 Å². The molecule has 0 spiro atoms. The van der Waals surface area contributed by atoms with Crippen LogP contribution in [0.15, 0.2) is 33.9 Å². The average molecular weight is 235 g/mol. The molecule has 2 rings (SSSR count). The number of hydrogen-bond acceptors (Lipinski definition) is 5. The van der Waals surface area contributed by atoms with Gasteiger partial charge in [0.2, 0.25) is 0 Å². The van der Waals surface area contributed by atoms with E-state index in [1.807, 2.05) is 0 Å². The van der Waals surface area contributed by atoms with E-state index in [9.17, 15) is 14.9 Å². The Morgan fingerprint density at radius 3 is 2.94 bits per heavy atom. The van der Waals surface area contributed by atoms with Crippen LogP contribution in [0.25, 0.3) is 0 Å². The Morgan fingerprint density at radius 2 is 2.35 bits per heavy atom. The maximum Gasteiger partial charge on any atom is 0.288 e. The van der Waals surface area contributed by atoms with E-state index in [-0.39, 0.29) is 17.8 Å². The molecule has 0 amide bonds. The van der Waals surface area contributed by atoms with Gasteiger partial charge in [0, 0.05) is 17.7 Å². The van der Waals surface area contributed by atoms with Crippen molar-refractivity contribution in [3.05, 3.63) is 56.3 Å². The Kier molecular flexibility index (Phi) is 2.73. The lowest BCUT2D eigenvalue weighted by Crippen LogP contribution is -2.20. The average Bonchev–Trinajstić information content (AvgIpc) is 2.74. The van der Waals surface area contributed by atoms with E-state index in [0.29, 0.717) is 11.3 Å². The highest BCUT2D eigenvalue weighted by atomic mass is 16.6. The lowest BCUT2D eigenvalue weighted by atomic mass is 10.2. The molecule has 0 fully saturated rings. The van der Waals surface area contributed by atoms with Gasteiger partial charge < -0.3 is 9.09 Å². The van der Waals surface area contributed by atoms with Crippen molar-refractivity contribution >= 4 is 5.69 Å². The molecule has 17 heavy (non-hydrogen) atoms. The molecule has 0 bridgehead atoms. The van der Waals surface area contributed by atoms with Crippen LogP contribution in [0.4, 0.5) is 5.69 Å². The molecule has 0 atom stereocenters. The first kappa shape index (κ1) is 11.1. The predicted molar refractivity (Wildman–Crippen MR) is 57.7 cm³/mol. The van der Waals surface area contributed by atoms with Crippen LogP contribution < -0.4 is 5.56 Å². The molecular formula is C10H9N3O4. The summed E-state index contributed by atoms with van der Waals surface area (Å²) in [7, 11) is 0. The lowest BCUT2D eigenvalue weighted by Gasteiger charge is -2.03. The van der Waals surface area contributed by atoms with Gasteiger partial charge >= 0.3 is 0 Å². The fourth-order valence-corrected chi connectivity index (χ4v) is 1.46. The van der Waals surface area contributed by atoms with Crippen LogP contribution in [0.1, 0.15) is 11.3 Å². The maximum atomic E-state index is 11.6. The van der Waals surface area contributed by atoms with Crippen LogP contribution in [-0.2, 0) is 6.54 Å². The number of hydrogen-bond donors (Lipinski definition) is 0. The zero-order valence-electron chi connectivity index (χ0n) is 8.99. The van der Waals surface area contributed by atoms with Gasteiger partial charge in [-0.3, -0.25) is 14.9 Å². The Hall–Kier alpha value is -2.44. The summed E-state index contributed by atoms with van der Waals surface area (Å²) >= 11 is 0.